The van der Waals surface area contributed by atoms with Crippen LogP contribution in [-0.2, 0) is 0 Å². The maximum absolute atomic E-state index is 8.38. The minimum Gasteiger partial charge on any atom is -0.312 e. The van der Waals surface area contributed by atoms with E-state index in [1.165, 1.54) is 6.08 Å². The zero-order valence-electron chi connectivity index (χ0n) is 8.04. The highest BCUT2D eigenvalue weighted by molar-refractivity contribution is 5.58. The molecule has 0 atom stereocenters. The normalized spacial score (nSPS) is 10.3. The molecule has 0 bridgehead atoms. The molecule has 0 fully saturated rings. The Morgan fingerprint density at radius 2 is 2.07 bits per heavy atom. The molecule has 1 aromatic heterocycles. The van der Waals surface area contributed by atoms with Gasteiger partial charge in [0, 0.05) is 24.0 Å². The number of rotatable bonds is 2. The first-order chi connectivity index (χ1) is 7.40. The van der Waals surface area contributed by atoms with E-state index < -0.39 is 0 Å². The van der Waals surface area contributed by atoms with Gasteiger partial charge in [-0.3, -0.25) is 0 Å². The fraction of sp³-hybridized carbons (Fsp3) is 0. The first-order valence-corrected chi connectivity index (χ1v) is 4.55. The van der Waals surface area contributed by atoms with Crippen LogP contribution in [0.15, 0.2) is 48.9 Å². The molecule has 15 heavy (non-hydrogen) atoms. The lowest BCUT2D eigenvalue weighted by Crippen LogP contribution is -1.77. The first kappa shape index (κ1) is 9.22. The monoisotopic (exact) mass is 195 g/mol. The van der Waals surface area contributed by atoms with E-state index in [4.69, 9.17) is 5.26 Å². The predicted molar refractivity (Wildman–Crippen MR) is 58.6 cm³/mol. The Kier molecular flexibility index (Phi) is 2.61. The van der Waals surface area contributed by atoms with Gasteiger partial charge in [0.1, 0.15) is 0 Å². The second kappa shape index (κ2) is 4.25. The zero-order chi connectivity index (χ0) is 10.5. The second-order valence-corrected chi connectivity index (χ2v) is 3.02. The van der Waals surface area contributed by atoms with Crippen LogP contribution in [0.1, 0.15) is 0 Å². The molecule has 1 aromatic carbocycles. The van der Waals surface area contributed by atoms with Gasteiger partial charge in [0.05, 0.1) is 18.1 Å². The van der Waals surface area contributed by atoms with Crippen LogP contribution in [0.5, 0.6) is 0 Å². The van der Waals surface area contributed by atoms with E-state index >= 15 is 0 Å². The standard InChI is InChI=1S/C12H9N3/c13-7-4-8-15-9-12(14-10-15)11-5-2-1-3-6-11/h1-6,8-10H. The maximum atomic E-state index is 8.38. The molecule has 0 saturated heterocycles. The van der Waals surface area contributed by atoms with E-state index in [2.05, 4.69) is 4.98 Å². The van der Waals surface area contributed by atoms with E-state index in [0.29, 0.717) is 0 Å². The van der Waals surface area contributed by atoms with Crippen LogP contribution in [0.4, 0.5) is 0 Å². The summed E-state index contributed by atoms with van der Waals surface area (Å²) in [6.45, 7) is 0. The van der Waals surface area contributed by atoms with Crippen molar-refractivity contribution in [3.63, 3.8) is 0 Å². The van der Waals surface area contributed by atoms with Crippen molar-refractivity contribution in [1.82, 2.24) is 9.55 Å². The lowest BCUT2D eigenvalue weighted by Gasteiger charge is -1.93. The lowest BCUT2D eigenvalue weighted by molar-refractivity contribution is 1.14. The number of benzene rings is 1. The fourth-order valence-electron chi connectivity index (χ4n) is 1.30. The van der Waals surface area contributed by atoms with Crippen LogP contribution in [0.25, 0.3) is 17.5 Å². The van der Waals surface area contributed by atoms with Gasteiger partial charge in [0.2, 0.25) is 0 Å². The lowest BCUT2D eigenvalue weighted by atomic mass is 10.2. The van der Waals surface area contributed by atoms with E-state index in [1.807, 2.05) is 42.6 Å². The number of hydrogen-bond donors (Lipinski definition) is 0. The second-order valence-electron chi connectivity index (χ2n) is 3.02. The maximum Gasteiger partial charge on any atom is 0.0994 e. The Morgan fingerprint density at radius 3 is 2.80 bits per heavy atom. The minimum atomic E-state index is 0.901. The Bertz CT molecular complexity index is 503. The molecule has 3 heteroatoms. The van der Waals surface area contributed by atoms with E-state index in [9.17, 15) is 0 Å². The van der Waals surface area contributed by atoms with Gasteiger partial charge < -0.3 is 4.57 Å². The molecule has 0 N–H and O–H groups in total. The van der Waals surface area contributed by atoms with Crippen molar-refractivity contribution in [2.24, 2.45) is 0 Å². The number of nitriles is 1. The van der Waals surface area contributed by atoms with Gasteiger partial charge >= 0.3 is 0 Å². The fourth-order valence-corrected chi connectivity index (χ4v) is 1.30. The molecule has 0 unspecified atom stereocenters. The summed E-state index contributed by atoms with van der Waals surface area (Å²) >= 11 is 0. The summed E-state index contributed by atoms with van der Waals surface area (Å²) in [5.41, 5.74) is 1.97. The quantitative estimate of drug-likeness (QED) is 0.691. The van der Waals surface area contributed by atoms with Gasteiger partial charge in [0.15, 0.2) is 0 Å². The van der Waals surface area contributed by atoms with Gasteiger partial charge in [-0.05, 0) is 0 Å². The summed E-state index contributed by atoms with van der Waals surface area (Å²) in [4.78, 5) is 4.24. The van der Waals surface area contributed by atoms with E-state index in [1.54, 1.807) is 17.1 Å². The Hall–Kier alpha value is -2.34. The van der Waals surface area contributed by atoms with Gasteiger partial charge in [-0.25, -0.2) is 4.98 Å². The molecule has 1 heterocycles. The highest BCUT2D eigenvalue weighted by Gasteiger charge is 1.98. The molecule has 0 aliphatic heterocycles. The Labute approximate surface area is 87.9 Å². The average molecular weight is 195 g/mol. The third-order valence-electron chi connectivity index (χ3n) is 1.99. The topological polar surface area (TPSA) is 41.6 Å². The van der Waals surface area contributed by atoms with Crippen molar-refractivity contribution >= 4 is 6.20 Å². The van der Waals surface area contributed by atoms with Crippen molar-refractivity contribution < 1.29 is 0 Å². The summed E-state index contributed by atoms with van der Waals surface area (Å²) < 4.78 is 1.76. The molecular formula is C12H9N3. The van der Waals surface area contributed by atoms with Crippen LogP contribution < -0.4 is 0 Å². The molecule has 72 valence electrons. The number of allylic oxidation sites excluding steroid dienone is 1. The molecule has 2 aromatic rings. The minimum absolute atomic E-state index is 0.901. The van der Waals surface area contributed by atoms with E-state index in [0.717, 1.165) is 11.3 Å². The Balaban J connectivity index is 2.29. The smallest absolute Gasteiger partial charge is 0.0994 e. The first-order valence-electron chi connectivity index (χ1n) is 4.55. The largest absolute Gasteiger partial charge is 0.312 e. The molecule has 0 aliphatic carbocycles. The number of hydrogen-bond acceptors (Lipinski definition) is 2. The molecule has 0 amide bonds. The van der Waals surface area contributed by atoms with Crippen LogP contribution in [0.3, 0.4) is 0 Å². The van der Waals surface area contributed by atoms with Gasteiger partial charge in [0.25, 0.3) is 0 Å². The van der Waals surface area contributed by atoms with Crippen molar-refractivity contribution in [2.45, 2.75) is 0 Å². The van der Waals surface area contributed by atoms with Crippen molar-refractivity contribution in [3.8, 4) is 17.3 Å². The highest BCUT2D eigenvalue weighted by atomic mass is 15.0. The predicted octanol–water partition coefficient (Wildman–Crippen LogP) is 2.54. The molecule has 0 aliphatic rings. The summed E-state index contributed by atoms with van der Waals surface area (Å²) in [6, 6.07) is 11.8. The molecule has 0 spiro atoms. The van der Waals surface area contributed by atoms with Crippen molar-refractivity contribution in [3.05, 3.63) is 48.9 Å². The molecule has 2 rings (SSSR count). The number of imidazole rings is 1. The molecule has 0 radical (unpaired) electrons. The van der Waals surface area contributed by atoms with Crippen LogP contribution in [-0.4, -0.2) is 9.55 Å². The van der Waals surface area contributed by atoms with Crippen LogP contribution in [0, 0.1) is 11.3 Å². The van der Waals surface area contributed by atoms with E-state index in [-0.39, 0.29) is 0 Å². The van der Waals surface area contributed by atoms with Crippen LogP contribution in [0.2, 0.25) is 0 Å². The van der Waals surface area contributed by atoms with Gasteiger partial charge in [-0.1, -0.05) is 30.3 Å². The summed E-state index contributed by atoms with van der Waals surface area (Å²) in [5.74, 6) is 0. The van der Waals surface area contributed by atoms with Crippen molar-refractivity contribution in [1.29, 1.82) is 5.26 Å². The SMILES string of the molecule is N#CC=Cn1cnc(-c2ccccc2)c1. The average Bonchev–Trinajstić information content (AvgIpc) is 2.76. The third-order valence-corrected chi connectivity index (χ3v) is 1.99. The van der Waals surface area contributed by atoms with Crippen molar-refractivity contribution in [2.75, 3.05) is 0 Å². The third kappa shape index (κ3) is 2.12. The Morgan fingerprint density at radius 1 is 1.27 bits per heavy atom. The highest BCUT2D eigenvalue weighted by Crippen LogP contribution is 2.15. The summed E-state index contributed by atoms with van der Waals surface area (Å²) in [5, 5.41) is 8.38. The summed E-state index contributed by atoms with van der Waals surface area (Å²) in [7, 11) is 0. The van der Waals surface area contributed by atoms with Crippen LogP contribution >= 0.6 is 0 Å². The number of nitrogens with zero attached hydrogens (tertiary/aromatic N) is 3. The molecule has 3 nitrogen and oxygen atoms in total. The molecular weight excluding hydrogens is 186 g/mol. The van der Waals surface area contributed by atoms with Gasteiger partial charge in [-0.15, -0.1) is 0 Å². The number of aromatic nitrogens is 2. The summed E-state index contributed by atoms with van der Waals surface area (Å²) in [6.07, 6.45) is 6.63. The molecule has 0 saturated carbocycles. The van der Waals surface area contributed by atoms with Gasteiger partial charge in [-0.2, -0.15) is 5.26 Å². The zero-order valence-corrected chi connectivity index (χ0v) is 8.04.